The summed E-state index contributed by atoms with van der Waals surface area (Å²) in [6.07, 6.45) is 20.0. The predicted octanol–water partition coefficient (Wildman–Crippen LogP) is 4.99. The molecule has 0 atom stereocenters. The van der Waals surface area contributed by atoms with Gasteiger partial charge >= 0.3 is 97.2 Å². The maximum absolute atomic E-state index is 5.47. The van der Waals surface area contributed by atoms with Gasteiger partial charge in [0.05, 0.1) is 0 Å². The van der Waals surface area contributed by atoms with Gasteiger partial charge in [-0.1, -0.05) is 0 Å². The molecule has 13 radical (unpaired) electrons. The Morgan fingerprint density at radius 3 is 0.579 bits per heavy atom. The molecule has 0 aliphatic heterocycles. The summed E-state index contributed by atoms with van der Waals surface area (Å²) in [7, 11) is 10.9. The van der Waals surface area contributed by atoms with Crippen LogP contribution in [0.5, 0.6) is 0 Å². The van der Waals surface area contributed by atoms with Gasteiger partial charge in [-0.25, -0.2) is 0 Å². The van der Waals surface area contributed by atoms with Crippen LogP contribution in [0.1, 0.15) is 0 Å². The predicted molar refractivity (Wildman–Crippen MR) is 89.7 cm³/mol. The van der Waals surface area contributed by atoms with Crippen molar-refractivity contribution in [2.75, 3.05) is 0 Å². The van der Waals surface area contributed by atoms with Crippen molar-refractivity contribution >= 4 is 55.1 Å². The van der Waals surface area contributed by atoms with Gasteiger partial charge in [0.1, 0.15) is 0 Å². The van der Waals surface area contributed by atoms with E-state index in [9.17, 15) is 0 Å². The largest absolute Gasteiger partial charge is 2.00 e. The van der Waals surface area contributed by atoms with Crippen LogP contribution in [0.2, 0.25) is 19.8 Å². The fraction of sp³-hybridized carbons (Fsp3) is 0.286. The molecular weight excluding hydrogens is 569 g/mol. The van der Waals surface area contributed by atoms with Crippen molar-refractivity contribution in [1.29, 1.82) is 0 Å². The number of rotatable bonds is 0. The van der Waals surface area contributed by atoms with Crippen LogP contribution in [0.15, 0.2) is 0 Å². The van der Waals surface area contributed by atoms with E-state index in [0.717, 1.165) is 0 Å². The molecule has 0 spiro atoms. The third-order valence-corrected chi connectivity index (χ3v) is 1.11. The van der Waals surface area contributed by atoms with Gasteiger partial charge in [0.2, 0.25) is 0 Å². The van der Waals surface area contributed by atoms with Crippen LogP contribution < -0.4 is 0 Å². The molecule has 103 valence electrons. The van der Waals surface area contributed by atoms with E-state index in [-0.39, 0.29) is 22.4 Å². The van der Waals surface area contributed by atoms with Gasteiger partial charge < -0.3 is 0 Å². The van der Waals surface area contributed by atoms with Crippen LogP contribution in [0, 0.1) is 64.2 Å². The normalized spacial score (nSPS) is 16.4. The van der Waals surface area contributed by atoms with Crippen molar-refractivity contribution in [3.8, 4) is 0 Å². The van der Waals surface area contributed by atoms with Crippen molar-refractivity contribution in [3.05, 3.63) is 64.2 Å². The van der Waals surface area contributed by atoms with Gasteiger partial charge in [0.15, 0.2) is 0 Å². The zero-order valence-electron chi connectivity index (χ0n) is 12.0. The van der Waals surface area contributed by atoms with E-state index in [0.29, 0.717) is 0 Å². The fourth-order valence-electron chi connectivity index (χ4n) is 0.642. The van der Waals surface area contributed by atoms with Gasteiger partial charge in [-0.2, -0.15) is 0 Å². The Hall–Kier alpha value is 2.92. The van der Waals surface area contributed by atoms with Crippen LogP contribution >= 0.6 is 17.8 Å². The van der Waals surface area contributed by atoms with Gasteiger partial charge in [-0.05, 0) is 64.2 Å². The molecule has 0 bridgehead atoms. The summed E-state index contributed by atoms with van der Waals surface area (Å²) in [5, 5.41) is 0. The Kier molecular flexibility index (Phi) is 32.7. The van der Waals surface area contributed by atoms with Gasteiger partial charge in [0, 0.05) is 0 Å². The molecule has 0 aromatic carbocycles. The quantitative estimate of drug-likeness (QED) is 0.349. The summed E-state index contributed by atoms with van der Waals surface area (Å²) in [5.41, 5.74) is 0. The van der Waals surface area contributed by atoms with E-state index in [1.807, 2.05) is 64.2 Å². The van der Waals surface area contributed by atoms with Crippen LogP contribution in [0.3, 0.4) is 0 Å². The number of hydrogen-bond donors (Lipinski definition) is 0. The minimum atomic E-state index is -1.07. The summed E-state index contributed by atoms with van der Waals surface area (Å²) >= 11 is -2.14. The third kappa shape index (κ3) is 44.9. The monoisotopic (exact) mass is 593 g/mol. The summed E-state index contributed by atoms with van der Waals surface area (Å²) in [5.74, 6) is 0. The average Bonchev–Trinajstić information content (AvgIpc) is 2.96. The number of hydrogen-bond acceptors (Lipinski definition) is 0. The molecule has 2 fully saturated rings. The average molecular weight is 592 g/mol. The van der Waals surface area contributed by atoms with Crippen LogP contribution in [-0.4, -0.2) is 37.3 Å². The molecule has 2 saturated carbocycles. The maximum Gasteiger partial charge on any atom is 2.00 e. The molecule has 2 rings (SSSR count). The molecule has 0 aromatic heterocycles. The van der Waals surface area contributed by atoms with Crippen molar-refractivity contribution < 1.29 is 22.4 Å². The van der Waals surface area contributed by atoms with E-state index in [1.165, 1.54) is 0 Å². The number of halogens is 2. The molecule has 19 heavy (non-hydrogen) atoms. The molecule has 0 nitrogen and oxygen atoms in total. The Morgan fingerprint density at radius 2 is 0.526 bits per heavy atom. The standard InChI is InChI=1S/2C5H5.4CH3.2ClH.Nb.2Sn/c2*1-2-4-5-3-1;;;;;;;;;/h2*1-5H;4*1H3;2*1H;;;/q;;;;;;;;+2;2*+1/p-2. The first-order valence-corrected chi connectivity index (χ1v) is 24.4. The molecule has 0 aromatic rings. The third-order valence-electron chi connectivity index (χ3n) is 1.11. The van der Waals surface area contributed by atoms with E-state index < -0.39 is 37.3 Å². The molecule has 0 saturated heterocycles. The fourth-order valence-corrected chi connectivity index (χ4v) is 0.642. The summed E-state index contributed by atoms with van der Waals surface area (Å²) in [6, 6.07) is 0. The van der Waals surface area contributed by atoms with Gasteiger partial charge in [0.25, 0.3) is 0 Å². The zero-order valence-corrected chi connectivity index (χ0v) is 21.4. The summed E-state index contributed by atoms with van der Waals surface area (Å²) in [6.45, 7) is 0. The topological polar surface area (TPSA) is 0 Å². The second kappa shape index (κ2) is 23.2. The smallest absolute Gasteiger partial charge is 0.0312 e. The second-order valence-corrected chi connectivity index (χ2v) is 23.8. The molecule has 2 aliphatic carbocycles. The molecule has 0 N–H and O–H groups in total. The Bertz CT molecular complexity index is 103. The maximum atomic E-state index is 5.47. The minimum absolute atomic E-state index is 0. The van der Waals surface area contributed by atoms with Crippen molar-refractivity contribution in [3.63, 3.8) is 0 Å². The van der Waals surface area contributed by atoms with E-state index in [2.05, 4.69) is 19.8 Å². The molecular formula is C14H22Cl2NbSn2+2. The first-order chi connectivity index (χ1) is 8.46. The van der Waals surface area contributed by atoms with Crippen molar-refractivity contribution in [2.24, 2.45) is 0 Å². The minimum Gasteiger partial charge on any atom is -0.0312 e. The first kappa shape index (κ1) is 26.8. The Labute approximate surface area is 159 Å². The van der Waals surface area contributed by atoms with Gasteiger partial charge in [-0.3, -0.25) is 0 Å². The first-order valence-electron chi connectivity index (χ1n) is 5.71. The molecule has 2 aliphatic rings. The van der Waals surface area contributed by atoms with E-state index in [1.54, 1.807) is 0 Å². The molecule has 5 heteroatoms. The summed E-state index contributed by atoms with van der Waals surface area (Å²) < 4.78 is 0. The zero-order chi connectivity index (χ0) is 14.2. The molecule has 0 amide bonds. The van der Waals surface area contributed by atoms with Crippen LogP contribution in [0.25, 0.3) is 0 Å². The second-order valence-electron chi connectivity index (χ2n) is 3.68. The molecule has 0 heterocycles. The van der Waals surface area contributed by atoms with Gasteiger partial charge in [-0.15, -0.1) is 0 Å². The SMILES string of the molecule is [CH3][Sn]([CH3])[Cl].[CH3][Sn]([CH3])[Cl].[CH]1[CH][CH][CH][CH]1.[CH]1[CH][CH][CH][CH]1.[Nb+2]. The van der Waals surface area contributed by atoms with E-state index >= 15 is 0 Å². The van der Waals surface area contributed by atoms with Crippen LogP contribution in [-0.2, 0) is 22.4 Å². The van der Waals surface area contributed by atoms with E-state index in [4.69, 9.17) is 17.8 Å². The Balaban J connectivity index is -0.000000178. The van der Waals surface area contributed by atoms with Crippen LogP contribution in [0.4, 0.5) is 0 Å². The summed E-state index contributed by atoms with van der Waals surface area (Å²) in [4.78, 5) is 8.52. The Morgan fingerprint density at radius 1 is 0.474 bits per heavy atom. The van der Waals surface area contributed by atoms with Crippen molar-refractivity contribution in [1.82, 2.24) is 0 Å². The molecule has 0 unspecified atom stereocenters. The van der Waals surface area contributed by atoms with Crippen molar-refractivity contribution in [2.45, 2.75) is 19.8 Å².